The van der Waals surface area contributed by atoms with E-state index in [-0.39, 0.29) is 36.8 Å². The van der Waals surface area contributed by atoms with Crippen molar-refractivity contribution in [2.24, 2.45) is 0 Å². The maximum atomic E-state index is 13.2. The number of benzene rings is 2. The van der Waals surface area contributed by atoms with Gasteiger partial charge in [0.1, 0.15) is 17.1 Å². The molecule has 0 spiro atoms. The van der Waals surface area contributed by atoms with Crippen molar-refractivity contribution in [3.05, 3.63) is 76.9 Å². The number of nitrogens with zero attached hydrogens (tertiary/aromatic N) is 3. The van der Waals surface area contributed by atoms with Crippen LogP contribution in [0, 0.1) is 5.82 Å². The highest BCUT2D eigenvalue weighted by atomic mass is 19.1. The van der Waals surface area contributed by atoms with Crippen molar-refractivity contribution in [3.63, 3.8) is 0 Å². The molecule has 0 saturated heterocycles. The molecule has 1 atom stereocenters. The predicted molar refractivity (Wildman–Crippen MR) is 136 cm³/mol. The van der Waals surface area contributed by atoms with Crippen LogP contribution >= 0.6 is 0 Å². The van der Waals surface area contributed by atoms with Crippen LogP contribution in [0.4, 0.5) is 4.39 Å². The van der Waals surface area contributed by atoms with Crippen LogP contribution in [0.5, 0.6) is 11.5 Å². The van der Waals surface area contributed by atoms with Crippen LogP contribution in [0.15, 0.2) is 48.5 Å². The SMILES string of the molecule is CCOc1cc(CNC(=O)c2cc3n(n2)CC(C)(C(=O)NCc2ccc(F)cc2)N(C)C3=O)ccc1OC. The van der Waals surface area contributed by atoms with Crippen LogP contribution in [0.2, 0.25) is 0 Å². The molecule has 3 amide bonds. The fraction of sp³-hybridized carbons (Fsp3) is 0.333. The Morgan fingerprint density at radius 1 is 1.05 bits per heavy atom. The molecular weight excluding hydrogens is 493 g/mol. The second kappa shape index (κ2) is 10.9. The van der Waals surface area contributed by atoms with Gasteiger partial charge in [-0.3, -0.25) is 19.1 Å². The minimum absolute atomic E-state index is 0.0588. The average molecular weight is 524 g/mol. The Hall–Kier alpha value is -4.41. The van der Waals surface area contributed by atoms with Crippen LogP contribution in [0.3, 0.4) is 0 Å². The number of hydrogen-bond donors (Lipinski definition) is 2. The third kappa shape index (κ3) is 5.31. The molecule has 11 heteroatoms. The number of ether oxygens (including phenoxy) is 2. The summed E-state index contributed by atoms with van der Waals surface area (Å²) in [6.45, 7) is 4.42. The van der Waals surface area contributed by atoms with E-state index < -0.39 is 23.3 Å². The monoisotopic (exact) mass is 523 g/mol. The molecule has 200 valence electrons. The first-order chi connectivity index (χ1) is 18.2. The van der Waals surface area contributed by atoms with Crippen LogP contribution in [0.1, 0.15) is 46.0 Å². The first-order valence-corrected chi connectivity index (χ1v) is 12.1. The molecule has 2 aromatic carbocycles. The topological polar surface area (TPSA) is 115 Å². The molecule has 3 aromatic rings. The Balaban J connectivity index is 1.45. The van der Waals surface area contributed by atoms with Crippen molar-refractivity contribution < 1.29 is 28.2 Å². The minimum Gasteiger partial charge on any atom is -0.493 e. The van der Waals surface area contributed by atoms with Crippen LogP contribution in [-0.2, 0) is 24.4 Å². The average Bonchev–Trinajstić information content (AvgIpc) is 3.34. The summed E-state index contributed by atoms with van der Waals surface area (Å²) in [4.78, 5) is 40.4. The van der Waals surface area contributed by atoms with Gasteiger partial charge in [-0.15, -0.1) is 0 Å². The van der Waals surface area contributed by atoms with Crippen molar-refractivity contribution in [1.29, 1.82) is 0 Å². The van der Waals surface area contributed by atoms with E-state index in [0.717, 1.165) is 11.1 Å². The normalized spacial score (nSPS) is 16.6. The van der Waals surface area contributed by atoms with Gasteiger partial charge in [0.15, 0.2) is 17.2 Å². The molecule has 10 nitrogen and oxygen atoms in total. The number of halogens is 1. The van der Waals surface area contributed by atoms with Crippen molar-refractivity contribution >= 4 is 17.7 Å². The number of aromatic nitrogens is 2. The zero-order chi connectivity index (χ0) is 27.4. The Bertz CT molecular complexity index is 1360. The first kappa shape index (κ1) is 26.6. The number of hydrogen-bond acceptors (Lipinski definition) is 6. The fourth-order valence-electron chi connectivity index (χ4n) is 4.19. The highest BCUT2D eigenvalue weighted by Gasteiger charge is 2.46. The molecule has 4 rings (SSSR count). The van der Waals surface area contributed by atoms with Gasteiger partial charge in [0.05, 0.1) is 20.3 Å². The van der Waals surface area contributed by atoms with Gasteiger partial charge in [0, 0.05) is 26.2 Å². The summed E-state index contributed by atoms with van der Waals surface area (Å²) < 4.78 is 25.4. The number of nitrogens with one attached hydrogen (secondary N) is 2. The van der Waals surface area contributed by atoms with Crippen molar-refractivity contribution in [3.8, 4) is 11.5 Å². The number of rotatable bonds is 9. The Morgan fingerprint density at radius 3 is 2.42 bits per heavy atom. The van der Waals surface area contributed by atoms with Crippen LogP contribution in [-0.4, -0.2) is 58.7 Å². The van der Waals surface area contributed by atoms with Crippen LogP contribution in [0.25, 0.3) is 0 Å². The van der Waals surface area contributed by atoms with E-state index in [0.29, 0.717) is 18.1 Å². The summed E-state index contributed by atoms with van der Waals surface area (Å²) in [6, 6.07) is 12.6. The molecule has 1 aliphatic heterocycles. The van der Waals surface area contributed by atoms with E-state index in [1.54, 1.807) is 38.3 Å². The lowest BCUT2D eigenvalue weighted by Crippen LogP contribution is -2.62. The molecule has 2 heterocycles. The van der Waals surface area contributed by atoms with E-state index in [1.807, 2.05) is 13.0 Å². The van der Waals surface area contributed by atoms with Crippen LogP contribution < -0.4 is 20.1 Å². The second-order valence-electron chi connectivity index (χ2n) is 9.12. The number of fused-ring (bicyclic) bond motifs is 1. The van der Waals surface area contributed by atoms with Crippen molar-refractivity contribution in [1.82, 2.24) is 25.3 Å². The molecule has 2 N–H and O–H groups in total. The second-order valence-corrected chi connectivity index (χ2v) is 9.12. The molecule has 1 aromatic heterocycles. The molecule has 0 aliphatic carbocycles. The van der Waals surface area contributed by atoms with Gasteiger partial charge in [-0.05, 0) is 49.2 Å². The Morgan fingerprint density at radius 2 is 1.74 bits per heavy atom. The highest BCUT2D eigenvalue weighted by Crippen LogP contribution is 2.28. The smallest absolute Gasteiger partial charge is 0.272 e. The van der Waals surface area contributed by atoms with Crippen molar-refractivity contribution in [2.75, 3.05) is 20.8 Å². The number of amides is 3. The zero-order valence-corrected chi connectivity index (χ0v) is 21.7. The Labute approximate surface area is 219 Å². The van der Waals surface area contributed by atoms with Gasteiger partial charge in [-0.25, -0.2) is 4.39 Å². The largest absolute Gasteiger partial charge is 0.493 e. The molecule has 0 bridgehead atoms. The number of likely N-dealkylation sites (N-methyl/N-ethyl adjacent to an activating group) is 1. The lowest BCUT2D eigenvalue weighted by atomic mass is 9.96. The minimum atomic E-state index is -1.25. The molecule has 0 fully saturated rings. The van der Waals surface area contributed by atoms with E-state index in [9.17, 15) is 18.8 Å². The predicted octanol–water partition coefficient (Wildman–Crippen LogP) is 2.52. The summed E-state index contributed by atoms with van der Waals surface area (Å²) in [7, 11) is 3.09. The lowest BCUT2D eigenvalue weighted by molar-refractivity contribution is -0.132. The summed E-state index contributed by atoms with van der Waals surface area (Å²) in [5.74, 6) is -0.484. The Kier molecular flexibility index (Phi) is 7.65. The number of carbonyl (C=O) groups is 3. The third-order valence-electron chi connectivity index (χ3n) is 6.57. The summed E-state index contributed by atoms with van der Waals surface area (Å²) in [5, 5.41) is 9.93. The molecular formula is C27H30FN5O5. The zero-order valence-electron chi connectivity index (χ0n) is 21.7. The van der Waals surface area contributed by atoms with Gasteiger partial charge in [0.2, 0.25) is 5.91 Å². The highest BCUT2D eigenvalue weighted by molar-refractivity contribution is 6.01. The van der Waals surface area contributed by atoms with E-state index in [4.69, 9.17) is 9.47 Å². The van der Waals surface area contributed by atoms with Crippen molar-refractivity contribution in [2.45, 2.75) is 39.0 Å². The quantitative estimate of drug-likeness (QED) is 0.446. The molecule has 1 aliphatic rings. The molecule has 38 heavy (non-hydrogen) atoms. The third-order valence-corrected chi connectivity index (χ3v) is 6.57. The molecule has 1 unspecified atom stereocenters. The number of methoxy groups -OCH3 is 1. The van der Waals surface area contributed by atoms with E-state index in [2.05, 4.69) is 15.7 Å². The van der Waals surface area contributed by atoms with Gasteiger partial charge in [0.25, 0.3) is 11.8 Å². The standard InChI is InChI=1S/C27H30FN5O5/c1-5-38-23-12-18(8-11-22(23)37-4)15-29-24(34)20-13-21-25(35)32(3)27(2,16-33(21)31-20)26(36)30-14-17-6-9-19(28)10-7-17/h6-13H,5,14-16H2,1-4H3,(H,29,34)(H,30,36). The summed E-state index contributed by atoms with van der Waals surface area (Å²) in [6.07, 6.45) is 0. The number of carbonyl (C=O) groups excluding carboxylic acids is 3. The van der Waals surface area contributed by atoms with Gasteiger partial charge in [-0.2, -0.15) is 5.10 Å². The van der Waals surface area contributed by atoms with E-state index >= 15 is 0 Å². The van der Waals surface area contributed by atoms with Gasteiger partial charge >= 0.3 is 0 Å². The fourth-order valence-corrected chi connectivity index (χ4v) is 4.19. The maximum absolute atomic E-state index is 13.2. The van der Waals surface area contributed by atoms with Gasteiger partial charge in [-0.1, -0.05) is 18.2 Å². The summed E-state index contributed by atoms with van der Waals surface area (Å²) in [5.41, 5.74) is 0.550. The molecule has 0 radical (unpaired) electrons. The molecule has 0 saturated carbocycles. The van der Waals surface area contributed by atoms with E-state index in [1.165, 1.54) is 34.8 Å². The first-order valence-electron chi connectivity index (χ1n) is 12.1. The van der Waals surface area contributed by atoms with Gasteiger partial charge < -0.3 is 25.0 Å². The lowest BCUT2D eigenvalue weighted by Gasteiger charge is -2.40. The summed E-state index contributed by atoms with van der Waals surface area (Å²) >= 11 is 0. The maximum Gasteiger partial charge on any atom is 0.272 e.